The summed E-state index contributed by atoms with van der Waals surface area (Å²) in [5, 5.41) is 0. The summed E-state index contributed by atoms with van der Waals surface area (Å²) < 4.78 is 24.8. The lowest BCUT2D eigenvalue weighted by Gasteiger charge is -2.51. The molecule has 0 aromatic carbocycles. The van der Waals surface area contributed by atoms with Crippen LogP contribution in [0, 0.1) is 0 Å². The first-order valence-corrected chi connectivity index (χ1v) is 12.3. The molecule has 0 unspecified atom stereocenters. The molecule has 6 heteroatoms. The van der Waals surface area contributed by atoms with E-state index in [4.69, 9.17) is 17.7 Å². The molecule has 0 bridgehead atoms. The molecule has 4 nitrogen and oxygen atoms in total. The average molecular weight is 321 g/mol. The molecule has 1 heterocycles. The Bertz CT molecular complexity index is 248. The van der Waals surface area contributed by atoms with Gasteiger partial charge in [0.15, 0.2) is 0 Å². The van der Waals surface area contributed by atoms with Gasteiger partial charge < -0.3 is 17.7 Å². The van der Waals surface area contributed by atoms with Crippen LogP contribution in [0.15, 0.2) is 0 Å². The Labute approximate surface area is 126 Å². The van der Waals surface area contributed by atoms with E-state index in [-0.39, 0.29) is 24.4 Å². The Balaban J connectivity index is 2.78. The molecule has 0 N–H and O–H groups in total. The smallest absolute Gasteiger partial charge is 0.342 e. The van der Waals surface area contributed by atoms with Crippen molar-refractivity contribution in [1.29, 1.82) is 0 Å². The molecule has 0 atom stereocenters. The fourth-order valence-electron chi connectivity index (χ4n) is 2.88. The summed E-state index contributed by atoms with van der Waals surface area (Å²) in [6, 6.07) is 0. The molecule has 1 saturated heterocycles. The molecule has 0 aliphatic carbocycles. The van der Waals surface area contributed by atoms with Crippen LogP contribution < -0.4 is 0 Å². The molecule has 1 rings (SSSR count). The zero-order valence-corrected chi connectivity index (χ0v) is 16.4. The molecule has 0 spiro atoms. The SMILES string of the molecule is CC(C)O[Si]1(OC(C)C)C[Si](OC(C)C)(OC(C)C)C1. The van der Waals surface area contributed by atoms with Gasteiger partial charge in [0.25, 0.3) is 0 Å². The monoisotopic (exact) mass is 320 g/mol. The van der Waals surface area contributed by atoms with Crippen molar-refractivity contribution in [3.05, 3.63) is 0 Å². The highest BCUT2D eigenvalue weighted by molar-refractivity contribution is 7.03. The van der Waals surface area contributed by atoms with Crippen molar-refractivity contribution < 1.29 is 17.7 Å². The van der Waals surface area contributed by atoms with E-state index >= 15 is 0 Å². The van der Waals surface area contributed by atoms with Crippen molar-refractivity contribution in [2.24, 2.45) is 0 Å². The first-order valence-electron chi connectivity index (χ1n) is 7.79. The maximum Gasteiger partial charge on any atom is 0.342 e. The van der Waals surface area contributed by atoms with Crippen LogP contribution in [0.4, 0.5) is 0 Å². The first-order chi connectivity index (χ1) is 9.08. The van der Waals surface area contributed by atoms with Gasteiger partial charge in [-0.15, -0.1) is 0 Å². The second kappa shape index (κ2) is 7.02. The summed E-state index contributed by atoms with van der Waals surface area (Å²) in [5.74, 6) is 0. The molecule has 120 valence electrons. The maximum atomic E-state index is 6.19. The summed E-state index contributed by atoms with van der Waals surface area (Å²) in [7, 11) is -4.25. The summed E-state index contributed by atoms with van der Waals surface area (Å²) in [5.41, 5.74) is 1.79. The van der Waals surface area contributed by atoms with Gasteiger partial charge in [0.2, 0.25) is 0 Å². The van der Waals surface area contributed by atoms with Crippen LogP contribution in [0.3, 0.4) is 0 Å². The maximum absolute atomic E-state index is 6.19. The topological polar surface area (TPSA) is 36.9 Å². The van der Waals surface area contributed by atoms with Gasteiger partial charge in [-0.1, -0.05) is 0 Å². The zero-order valence-electron chi connectivity index (χ0n) is 14.4. The van der Waals surface area contributed by atoms with Crippen LogP contribution in [-0.4, -0.2) is 41.5 Å². The quantitative estimate of drug-likeness (QED) is 0.640. The van der Waals surface area contributed by atoms with E-state index in [9.17, 15) is 0 Å². The fourth-order valence-corrected chi connectivity index (χ4v) is 15.2. The Morgan fingerprint density at radius 2 is 0.700 bits per heavy atom. The van der Waals surface area contributed by atoms with E-state index in [1.54, 1.807) is 0 Å². The van der Waals surface area contributed by atoms with Crippen LogP contribution in [0.25, 0.3) is 0 Å². The normalized spacial score (nSPS) is 21.0. The highest BCUT2D eigenvalue weighted by Gasteiger charge is 2.67. The Hall–Kier alpha value is 0.274. The Kier molecular flexibility index (Phi) is 6.43. The predicted molar refractivity (Wildman–Crippen MR) is 86.0 cm³/mol. The van der Waals surface area contributed by atoms with Gasteiger partial charge in [0.1, 0.15) is 0 Å². The molecule has 1 fully saturated rings. The van der Waals surface area contributed by atoms with E-state index in [2.05, 4.69) is 55.4 Å². The lowest BCUT2D eigenvalue weighted by molar-refractivity contribution is 0.0665. The van der Waals surface area contributed by atoms with Crippen molar-refractivity contribution in [3.8, 4) is 0 Å². The largest absolute Gasteiger partial charge is 0.392 e. The summed E-state index contributed by atoms with van der Waals surface area (Å²) >= 11 is 0. The highest BCUT2D eigenvalue weighted by atomic mass is 28.5. The molecule has 1 aliphatic heterocycles. The lowest BCUT2D eigenvalue weighted by Crippen LogP contribution is -2.71. The van der Waals surface area contributed by atoms with Crippen molar-refractivity contribution >= 4 is 17.1 Å². The number of hydrogen-bond donors (Lipinski definition) is 0. The highest BCUT2D eigenvalue weighted by Crippen LogP contribution is 2.45. The van der Waals surface area contributed by atoms with Gasteiger partial charge in [-0.3, -0.25) is 0 Å². The minimum Gasteiger partial charge on any atom is -0.392 e. The van der Waals surface area contributed by atoms with E-state index in [1.807, 2.05) is 0 Å². The molecule has 0 radical (unpaired) electrons. The third-order valence-electron chi connectivity index (χ3n) is 2.88. The van der Waals surface area contributed by atoms with Gasteiger partial charge in [-0.05, 0) is 55.4 Å². The van der Waals surface area contributed by atoms with Crippen molar-refractivity contribution in [2.75, 3.05) is 0 Å². The van der Waals surface area contributed by atoms with E-state index in [0.29, 0.717) is 0 Å². The third kappa shape index (κ3) is 5.23. The average Bonchev–Trinajstić information content (AvgIpc) is 2.08. The summed E-state index contributed by atoms with van der Waals surface area (Å²) in [6.07, 6.45) is 0.798. The predicted octanol–water partition coefficient (Wildman–Crippen LogP) is 3.66. The summed E-state index contributed by atoms with van der Waals surface area (Å²) in [4.78, 5) is 0. The minimum absolute atomic E-state index is 0.200. The fraction of sp³-hybridized carbons (Fsp3) is 1.00. The zero-order chi connectivity index (χ0) is 15.6. The van der Waals surface area contributed by atoms with Crippen LogP contribution in [0.2, 0.25) is 11.3 Å². The molecular weight excluding hydrogens is 288 g/mol. The third-order valence-corrected chi connectivity index (χ3v) is 15.1. The molecule has 0 saturated carbocycles. The van der Waals surface area contributed by atoms with E-state index in [0.717, 1.165) is 11.3 Å². The van der Waals surface area contributed by atoms with Crippen LogP contribution in [0.5, 0.6) is 0 Å². The van der Waals surface area contributed by atoms with Crippen LogP contribution >= 0.6 is 0 Å². The lowest BCUT2D eigenvalue weighted by atomic mass is 10.5. The van der Waals surface area contributed by atoms with Gasteiger partial charge in [-0.2, -0.15) is 0 Å². The van der Waals surface area contributed by atoms with Crippen molar-refractivity contribution in [3.63, 3.8) is 0 Å². The van der Waals surface area contributed by atoms with Gasteiger partial charge in [0, 0.05) is 35.8 Å². The van der Waals surface area contributed by atoms with Crippen LogP contribution in [0.1, 0.15) is 55.4 Å². The molecule has 0 aromatic rings. The number of hydrogen-bond acceptors (Lipinski definition) is 4. The summed E-state index contributed by atoms with van der Waals surface area (Å²) in [6.45, 7) is 16.6. The van der Waals surface area contributed by atoms with Crippen molar-refractivity contribution in [1.82, 2.24) is 0 Å². The molecular formula is C14H32O4Si2. The standard InChI is InChI=1S/C14H32O4Si2/c1-11(2)15-19(16-12(3)4)9-20(10-19,17-13(5)6)18-14(7)8/h11-14H,9-10H2,1-8H3. The Morgan fingerprint density at radius 1 is 0.500 bits per heavy atom. The van der Waals surface area contributed by atoms with Gasteiger partial charge in [-0.25, -0.2) is 0 Å². The molecule has 1 aliphatic rings. The second-order valence-electron chi connectivity index (χ2n) is 6.84. The first kappa shape index (κ1) is 18.3. The van der Waals surface area contributed by atoms with Crippen molar-refractivity contribution in [2.45, 2.75) is 91.1 Å². The molecule has 20 heavy (non-hydrogen) atoms. The van der Waals surface area contributed by atoms with Crippen LogP contribution in [-0.2, 0) is 17.7 Å². The van der Waals surface area contributed by atoms with Gasteiger partial charge >= 0.3 is 17.1 Å². The number of rotatable bonds is 8. The Morgan fingerprint density at radius 3 is 0.850 bits per heavy atom. The van der Waals surface area contributed by atoms with E-state index in [1.165, 1.54) is 0 Å². The molecule has 0 aromatic heterocycles. The van der Waals surface area contributed by atoms with E-state index < -0.39 is 17.1 Å². The minimum atomic E-state index is -2.13. The second-order valence-corrected chi connectivity index (χ2v) is 14.3. The molecule has 0 amide bonds. The van der Waals surface area contributed by atoms with Gasteiger partial charge in [0.05, 0.1) is 0 Å².